The molecule has 11 heavy (non-hydrogen) atoms. The van der Waals surface area contributed by atoms with Gasteiger partial charge in [-0.25, -0.2) is 8.78 Å². The second kappa shape index (κ2) is 2.89. The van der Waals surface area contributed by atoms with E-state index in [9.17, 15) is 8.78 Å². The van der Waals surface area contributed by atoms with E-state index < -0.39 is 18.3 Å². The molecule has 1 aromatic rings. The van der Waals surface area contributed by atoms with Crippen LogP contribution in [0.25, 0.3) is 0 Å². The van der Waals surface area contributed by atoms with E-state index >= 15 is 0 Å². The first kappa shape index (κ1) is 5.25. The maximum Gasteiger partial charge on any atom is 0.270 e. The molecule has 0 aromatic heterocycles. The summed E-state index contributed by atoms with van der Waals surface area (Å²) in [5.74, 6) is -3.81. The molecule has 0 saturated heterocycles. The molecule has 1 aromatic carbocycles. The van der Waals surface area contributed by atoms with Crippen molar-refractivity contribution in [3.63, 3.8) is 0 Å². The van der Waals surface area contributed by atoms with Gasteiger partial charge in [-0.15, -0.1) is 0 Å². The molecule has 0 amide bonds. The first-order valence-corrected chi connectivity index (χ1v) is 3.68. The van der Waals surface area contributed by atoms with E-state index in [0.29, 0.717) is 4.47 Å². The lowest BCUT2D eigenvalue weighted by Gasteiger charge is -2.09. The SMILES string of the molecule is [2H]C([2H])([2H])C(F)(F)c1cccc(Br)c1. The van der Waals surface area contributed by atoms with Crippen molar-refractivity contribution in [2.24, 2.45) is 0 Å². The van der Waals surface area contributed by atoms with E-state index in [-0.39, 0.29) is 0 Å². The molecule has 0 fully saturated rings. The molecule has 0 saturated carbocycles. The zero-order chi connectivity index (χ0) is 11.0. The summed E-state index contributed by atoms with van der Waals surface area (Å²) in [7, 11) is 0. The van der Waals surface area contributed by atoms with Gasteiger partial charge in [-0.3, -0.25) is 0 Å². The predicted octanol–water partition coefficient (Wildman–Crippen LogP) is 3.56. The summed E-state index contributed by atoms with van der Waals surface area (Å²) in [6.07, 6.45) is 0. The Labute approximate surface area is 76.6 Å². The fourth-order valence-corrected chi connectivity index (χ4v) is 1.08. The number of halogens is 3. The minimum Gasteiger partial charge on any atom is -0.202 e. The Morgan fingerprint density at radius 2 is 2.27 bits per heavy atom. The molecular weight excluding hydrogens is 214 g/mol. The van der Waals surface area contributed by atoms with E-state index in [1.165, 1.54) is 6.07 Å². The molecule has 0 nitrogen and oxygen atoms in total. The number of hydrogen-bond acceptors (Lipinski definition) is 0. The van der Waals surface area contributed by atoms with Gasteiger partial charge in [0.25, 0.3) is 5.92 Å². The van der Waals surface area contributed by atoms with Crippen molar-refractivity contribution < 1.29 is 12.9 Å². The van der Waals surface area contributed by atoms with Crippen LogP contribution in [0, 0.1) is 0 Å². The zero-order valence-corrected chi connectivity index (χ0v) is 7.03. The summed E-state index contributed by atoms with van der Waals surface area (Å²) in [5, 5.41) is 0. The fourth-order valence-electron chi connectivity index (χ4n) is 0.684. The van der Waals surface area contributed by atoms with Crippen molar-refractivity contribution in [2.45, 2.75) is 12.8 Å². The molecule has 0 bridgehead atoms. The number of benzene rings is 1. The average molecular weight is 224 g/mol. The summed E-state index contributed by atoms with van der Waals surface area (Å²) in [6, 6.07) is 5.13. The van der Waals surface area contributed by atoms with E-state index in [1.807, 2.05) is 0 Å². The van der Waals surface area contributed by atoms with Crippen LogP contribution in [0.3, 0.4) is 0 Å². The smallest absolute Gasteiger partial charge is 0.202 e. The van der Waals surface area contributed by atoms with Gasteiger partial charge in [0, 0.05) is 21.0 Å². The first-order valence-electron chi connectivity index (χ1n) is 4.39. The van der Waals surface area contributed by atoms with Crippen molar-refractivity contribution in [3.05, 3.63) is 34.3 Å². The first-order chi connectivity index (χ1) is 6.25. The molecular formula is C8H7BrF2. The molecule has 0 spiro atoms. The van der Waals surface area contributed by atoms with Crippen LogP contribution in [0.5, 0.6) is 0 Å². The van der Waals surface area contributed by atoms with Crippen LogP contribution in [0.4, 0.5) is 8.78 Å². The third-order valence-electron chi connectivity index (χ3n) is 1.19. The van der Waals surface area contributed by atoms with Crippen molar-refractivity contribution in [3.8, 4) is 0 Å². The summed E-state index contributed by atoms with van der Waals surface area (Å²) >= 11 is 3.00. The second-order valence-electron chi connectivity index (χ2n) is 2.08. The summed E-state index contributed by atoms with van der Waals surface area (Å²) < 4.78 is 47.1. The van der Waals surface area contributed by atoms with Crippen LogP contribution in [0.2, 0.25) is 0 Å². The Kier molecular flexibility index (Phi) is 1.38. The normalized spacial score (nSPS) is 16.8. The van der Waals surface area contributed by atoms with E-state index in [4.69, 9.17) is 4.11 Å². The fraction of sp³-hybridized carbons (Fsp3) is 0.250. The van der Waals surface area contributed by atoms with Gasteiger partial charge in [0.05, 0.1) is 0 Å². The van der Waals surface area contributed by atoms with Gasteiger partial charge in [0.1, 0.15) is 0 Å². The Bertz CT molecular complexity index is 336. The lowest BCUT2D eigenvalue weighted by Crippen LogP contribution is -2.06. The van der Waals surface area contributed by atoms with Gasteiger partial charge in [-0.05, 0) is 12.1 Å². The molecule has 3 heteroatoms. The van der Waals surface area contributed by atoms with E-state index in [0.717, 1.165) is 12.1 Å². The summed E-state index contributed by atoms with van der Waals surface area (Å²) in [4.78, 5) is 0. The Hall–Kier alpha value is -0.440. The Balaban J connectivity index is 3.16. The van der Waals surface area contributed by atoms with Gasteiger partial charge in [0.15, 0.2) is 0 Å². The lowest BCUT2D eigenvalue weighted by molar-refractivity contribution is 0.0174. The molecule has 60 valence electrons. The highest BCUT2D eigenvalue weighted by molar-refractivity contribution is 9.10. The minimum absolute atomic E-state index is 0.430. The van der Waals surface area contributed by atoms with Gasteiger partial charge < -0.3 is 0 Å². The largest absolute Gasteiger partial charge is 0.270 e. The van der Waals surface area contributed by atoms with E-state index in [1.54, 1.807) is 6.07 Å². The molecule has 0 aliphatic heterocycles. The monoisotopic (exact) mass is 223 g/mol. The van der Waals surface area contributed by atoms with Crippen LogP contribution in [-0.4, -0.2) is 0 Å². The van der Waals surface area contributed by atoms with Crippen LogP contribution < -0.4 is 0 Å². The van der Waals surface area contributed by atoms with Crippen molar-refractivity contribution in [1.82, 2.24) is 0 Å². The highest BCUT2D eigenvalue weighted by atomic mass is 79.9. The number of hydrogen-bond donors (Lipinski definition) is 0. The molecule has 1 rings (SSSR count). The van der Waals surface area contributed by atoms with Crippen LogP contribution in [0.1, 0.15) is 16.5 Å². The average Bonchev–Trinajstić information content (AvgIpc) is 2.02. The molecule has 0 radical (unpaired) electrons. The van der Waals surface area contributed by atoms with Crippen LogP contribution >= 0.6 is 15.9 Å². The van der Waals surface area contributed by atoms with E-state index in [2.05, 4.69) is 15.9 Å². The molecule has 0 heterocycles. The highest BCUT2D eigenvalue weighted by Crippen LogP contribution is 2.28. The third kappa shape index (κ3) is 2.26. The van der Waals surface area contributed by atoms with Crippen molar-refractivity contribution in [2.75, 3.05) is 0 Å². The second-order valence-corrected chi connectivity index (χ2v) is 3.00. The summed E-state index contributed by atoms with van der Waals surface area (Å²) in [6.45, 7) is -3.31. The molecule has 0 unspecified atom stereocenters. The van der Waals surface area contributed by atoms with Crippen molar-refractivity contribution >= 4 is 15.9 Å². The minimum atomic E-state index is -3.81. The third-order valence-corrected chi connectivity index (χ3v) is 1.68. The number of rotatable bonds is 1. The zero-order valence-electron chi connectivity index (χ0n) is 8.44. The van der Waals surface area contributed by atoms with Crippen LogP contribution in [-0.2, 0) is 5.92 Å². The lowest BCUT2D eigenvalue weighted by atomic mass is 10.1. The van der Waals surface area contributed by atoms with Gasteiger partial charge in [-0.2, -0.15) is 0 Å². The molecule has 0 N–H and O–H groups in total. The number of alkyl halides is 2. The summed E-state index contributed by atoms with van der Waals surface area (Å²) in [5.41, 5.74) is -0.508. The maximum atomic E-state index is 13.3. The van der Waals surface area contributed by atoms with Gasteiger partial charge in [0.2, 0.25) is 0 Å². The Morgan fingerprint density at radius 1 is 1.55 bits per heavy atom. The molecule has 0 atom stereocenters. The highest BCUT2D eigenvalue weighted by Gasteiger charge is 2.23. The Morgan fingerprint density at radius 3 is 2.82 bits per heavy atom. The quantitative estimate of drug-likeness (QED) is 0.684. The molecule has 0 aliphatic rings. The van der Waals surface area contributed by atoms with Gasteiger partial charge in [-0.1, -0.05) is 28.1 Å². The standard InChI is InChI=1S/C8H7BrF2/c1-8(10,11)6-3-2-4-7(9)5-6/h2-5H,1H3/i1D3. The maximum absolute atomic E-state index is 13.3. The van der Waals surface area contributed by atoms with Crippen molar-refractivity contribution in [1.29, 1.82) is 0 Å². The molecule has 0 aliphatic carbocycles. The predicted molar refractivity (Wildman–Crippen MR) is 43.7 cm³/mol. The van der Waals surface area contributed by atoms with Gasteiger partial charge >= 0.3 is 0 Å². The van der Waals surface area contributed by atoms with Crippen LogP contribution in [0.15, 0.2) is 28.7 Å². The topological polar surface area (TPSA) is 0 Å².